The molecular formula is C15H17ClN4O3. The normalized spacial score (nSPS) is 10.3. The van der Waals surface area contributed by atoms with Crippen molar-refractivity contribution in [3.05, 3.63) is 46.2 Å². The van der Waals surface area contributed by atoms with Gasteiger partial charge in [0.05, 0.1) is 18.4 Å². The lowest BCUT2D eigenvalue weighted by molar-refractivity contribution is -0.122. The van der Waals surface area contributed by atoms with Crippen LogP contribution in [-0.2, 0) is 11.3 Å². The van der Waals surface area contributed by atoms with Crippen LogP contribution in [0.1, 0.15) is 21.7 Å². The van der Waals surface area contributed by atoms with E-state index in [1.807, 2.05) is 19.9 Å². The number of aromatic nitrogens is 2. The Morgan fingerprint density at radius 3 is 2.61 bits per heavy atom. The minimum Gasteiger partial charge on any atom is -0.496 e. The lowest BCUT2D eigenvalue weighted by Crippen LogP contribution is -2.43. The molecule has 0 saturated heterocycles. The van der Waals surface area contributed by atoms with E-state index >= 15 is 0 Å². The van der Waals surface area contributed by atoms with Gasteiger partial charge in [0.2, 0.25) is 0 Å². The Hall–Kier alpha value is -2.54. The zero-order chi connectivity index (χ0) is 17.0. The zero-order valence-electron chi connectivity index (χ0n) is 13.0. The largest absolute Gasteiger partial charge is 0.496 e. The van der Waals surface area contributed by atoms with Gasteiger partial charge >= 0.3 is 0 Å². The number of carbonyl (C=O) groups is 2. The molecule has 0 radical (unpaired) electrons. The molecule has 0 aliphatic carbocycles. The molecule has 2 rings (SSSR count). The number of hydrazine groups is 1. The third kappa shape index (κ3) is 4.23. The average molecular weight is 337 g/mol. The molecule has 0 aliphatic rings. The molecule has 7 nitrogen and oxygen atoms in total. The number of nitrogens with zero attached hydrogens (tertiary/aromatic N) is 2. The summed E-state index contributed by atoms with van der Waals surface area (Å²) in [6.07, 6.45) is 0. The van der Waals surface area contributed by atoms with Gasteiger partial charge in [-0.2, -0.15) is 5.10 Å². The molecular weight excluding hydrogens is 320 g/mol. The molecule has 2 aromatic rings. The van der Waals surface area contributed by atoms with E-state index in [1.165, 1.54) is 19.2 Å². The Morgan fingerprint density at radius 1 is 1.26 bits per heavy atom. The summed E-state index contributed by atoms with van der Waals surface area (Å²) in [5.41, 5.74) is 6.64. The highest BCUT2D eigenvalue weighted by atomic mass is 35.5. The first kappa shape index (κ1) is 16.8. The number of rotatable bonds is 4. The number of ether oxygens (including phenoxy) is 1. The fraction of sp³-hybridized carbons (Fsp3) is 0.267. The van der Waals surface area contributed by atoms with Crippen molar-refractivity contribution in [3.8, 4) is 5.75 Å². The number of halogens is 1. The molecule has 122 valence electrons. The Bertz CT molecular complexity index is 742. The number of benzene rings is 1. The highest BCUT2D eigenvalue weighted by Gasteiger charge is 2.14. The minimum atomic E-state index is -0.500. The summed E-state index contributed by atoms with van der Waals surface area (Å²) < 4.78 is 6.65. The van der Waals surface area contributed by atoms with E-state index in [0.717, 1.165) is 11.4 Å². The Labute approximate surface area is 138 Å². The predicted molar refractivity (Wildman–Crippen MR) is 85.3 cm³/mol. The summed E-state index contributed by atoms with van der Waals surface area (Å²) in [5, 5.41) is 4.63. The quantitative estimate of drug-likeness (QED) is 0.831. The fourth-order valence-corrected chi connectivity index (χ4v) is 2.22. The number of carbonyl (C=O) groups excluding carboxylic acids is 2. The first-order valence-electron chi connectivity index (χ1n) is 6.84. The molecule has 0 atom stereocenters. The third-order valence-corrected chi connectivity index (χ3v) is 3.36. The van der Waals surface area contributed by atoms with Crippen LogP contribution in [0.2, 0.25) is 5.02 Å². The Kier molecular flexibility index (Phi) is 5.23. The molecule has 1 heterocycles. The van der Waals surface area contributed by atoms with Crippen LogP contribution in [0.3, 0.4) is 0 Å². The topological polar surface area (TPSA) is 85.3 Å². The van der Waals surface area contributed by atoms with Crippen LogP contribution in [0.5, 0.6) is 5.75 Å². The number of aryl methyl sites for hydroxylation is 2. The summed E-state index contributed by atoms with van der Waals surface area (Å²) in [6.45, 7) is 3.71. The molecule has 0 bridgehead atoms. The van der Waals surface area contributed by atoms with Crippen LogP contribution >= 0.6 is 11.6 Å². The molecule has 0 aliphatic heterocycles. The first-order valence-corrected chi connectivity index (χ1v) is 7.22. The molecule has 8 heteroatoms. The van der Waals surface area contributed by atoms with E-state index in [-0.39, 0.29) is 12.1 Å². The molecule has 2 N–H and O–H groups in total. The van der Waals surface area contributed by atoms with Crippen molar-refractivity contribution in [2.45, 2.75) is 20.4 Å². The standard InChI is InChI=1S/C15H17ClN4O3/c1-9-6-10(2)20(19-9)8-14(21)17-18-15(22)12-5-4-11(16)7-13(12)23-3/h4-7H,8H2,1-3H3,(H,17,21)(H,18,22). The van der Waals surface area contributed by atoms with Crippen LogP contribution < -0.4 is 15.6 Å². The van der Waals surface area contributed by atoms with Gasteiger partial charge in [-0.3, -0.25) is 25.1 Å². The van der Waals surface area contributed by atoms with Crippen molar-refractivity contribution < 1.29 is 14.3 Å². The molecule has 2 amide bonds. The van der Waals surface area contributed by atoms with E-state index in [9.17, 15) is 9.59 Å². The highest BCUT2D eigenvalue weighted by Crippen LogP contribution is 2.22. The SMILES string of the molecule is COc1cc(Cl)ccc1C(=O)NNC(=O)Cn1nc(C)cc1C. The van der Waals surface area contributed by atoms with Crippen molar-refractivity contribution in [1.82, 2.24) is 20.6 Å². The van der Waals surface area contributed by atoms with Gasteiger partial charge < -0.3 is 4.74 Å². The van der Waals surface area contributed by atoms with Gasteiger partial charge in [-0.1, -0.05) is 11.6 Å². The van der Waals surface area contributed by atoms with Gasteiger partial charge in [0, 0.05) is 10.7 Å². The fourth-order valence-electron chi connectivity index (χ4n) is 2.06. The van der Waals surface area contributed by atoms with Gasteiger partial charge in [0.15, 0.2) is 0 Å². The summed E-state index contributed by atoms with van der Waals surface area (Å²) in [7, 11) is 1.43. The second-order valence-corrected chi connectivity index (χ2v) is 5.37. The molecule has 0 unspecified atom stereocenters. The molecule has 23 heavy (non-hydrogen) atoms. The van der Waals surface area contributed by atoms with E-state index < -0.39 is 11.8 Å². The second kappa shape index (κ2) is 7.15. The van der Waals surface area contributed by atoms with E-state index in [4.69, 9.17) is 16.3 Å². The van der Waals surface area contributed by atoms with Crippen molar-refractivity contribution in [2.75, 3.05) is 7.11 Å². The van der Waals surface area contributed by atoms with Crippen molar-refractivity contribution in [1.29, 1.82) is 0 Å². The lowest BCUT2D eigenvalue weighted by Gasteiger charge is -2.11. The maximum absolute atomic E-state index is 12.1. The Morgan fingerprint density at radius 2 is 2.00 bits per heavy atom. The molecule has 0 saturated carbocycles. The van der Waals surface area contributed by atoms with Crippen LogP contribution in [0.15, 0.2) is 24.3 Å². The Balaban J connectivity index is 1.96. The van der Waals surface area contributed by atoms with E-state index in [2.05, 4.69) is 16.0 Å². The van der Waals surface area contributed by atoms with E-state index in [1.54, 1.807) is 10.7 Å². The monoisotopic (exact) mass is 336 g/mol. The first-order chi connectivity index (χ1) is 10.9. The smallest absolute Gasteiger partial charge is 0.273 e. The predicted octanol–water partition coefficient (Wildman–Crippen LogP) is 1.62. The summed E-state index contributed by atoms with van der Waals surface area (Å²) in [5.74, 6) is -0.569. The molecule has 1 aromatic heterocycles. The number of methoxy groups -OCH3 is 1. The summed E-state index contributed by atoms with van der Waals surface area (Å²) >= 11 is 5.84. The lowest BCUT2D eigenvalue weighted by atomic mass is 10.2. The second-order valence-electron chi connectivity index (χ2n) is 4.93. The average Bonchev–Trinajstić information content (AvgIpc) is 2.82. The van der Waals surface area contributed by atoms with Crippen LogP contribution in [0.25, 0.3) is 0 Å². The minimum absolute atomic E-state index is 0.0116. The van der Waals surface area contributed by atoms with Gasteiger partial charge in [0.25, 0.3) is 11.8 Å². The third-order valence-electron chi connectivity index (χ3n) is 3.12. The van der Waals surface area contributed by atoms with Crippen molar-refractivity contribution >= 4 is 23.4 Å². The van der Waals surface area contributed by atoms with E-state index in [0.29, 0.717) is 10.8 Å². The van der Waals surface area contributed by atoms with Crippen LogP contribution in [0, 0.1) is 13.8 Å². The molecule has 0 fully saturated rings. The van der Waals surface area contributed by atoms with Crippen molar-refractivity contribution in [3.63, 3.8) is 0 Å². The number of hydrogen-bond acceptors (Lipinski definition) is 4. The zero-order valence-corrected chi connectivity index (χ0v) is 13.8. The number of nitrogens with one attached hydrogen (secondary N) is 2. The molecule has 0 spiro atoms. The summed E-state index contributed by atoms with van der Waals surface area (Å²) in [6, 6.07) is 6.47. The van der Waals surface area contributed by atoms with Gasteiger partial charge in [-0.25, -0.2) is 0 Å². The summed E-state index contributed by atoms with van der Waals surface area (Å²) in [4.78, 5) is 24.0. The van der Waals surface area contributed by atoms with Crippen LogP contribution in [0.4, 0.5) is 0 Å². The number of amides is 2. The maximum atomic E-state index is 12.1. The van der Waals surface area contributed by atoms with Gasteiger partial charge in [-0.05, 0) is 38.1 Å². The van der Waals surface area contributed by atoms with Gasteiger partial charge in [0.1, 0.15) is 12.3 Å². The highest BCUT2D eigenvalue weighted by molar-refractivity contribution is 6.30. The van der Waals surface area contributed by atoms with Crippen LogP contribution in [-0.4, -0.2) is 28.7 Å². The number of hydrogen-bond donors (Lipinski definition) is 2. The molecule has 1 aromatic carbocycles. The van der Waals surface area contributed by atoms with Gasteiger partial charge in [-0.15, -0.1) is 0 Å². The van der Waals surface area contributed by atoms with Crippen molar-refractivity contribution in [2.24, 2.45) is 0 Å². The maximum Gasteiger partial charge on any atom is 0.273 e.